The van der Waals surface area contributed by atoms with E-state index in [0.29, 0.717) is 0 Å². The molecule has 0 spiro atoms. The molecule has 0 N–H and O–H groups in total. The summed E-state index contributed by atoms with van der Waals surface area (Å²) in [6, 6.07) is 55.8. The van der Waals surface area contributed by atoms with Crippen molar-refractivity contribution in [1.82, 2.24) is 9.97 Å². The maximum atomic E-state index is 6.75. The number of rotatable bonds is 3. The van der Waals surface area contributed by atoms with Gasteiger partial charge in [0.15, 0.2) is 0 Å². The van der Waals surface area contributed by atoms with Gasteiger partial charge in [-0.05, 0) is 56.8 Å². The van der Waals surface area contributed by atoms with Crippen molar-refractivity contribution in [3.8, 4) is 55.9 Å². The number of aromatic nitrogens is 2. The molecule has 7 aromatic carbocycles. The summed E-state index contributed by atoms with van der Waals surface area (Å²) < 4.78 is 6.75. The molecule has 3 heteroatoms. The minimum atomic E-state index is 0.912. The molecule has 0 fully saturated rings. The van der Waals surface area contributed by atoms with Crippen LogP contribution in [0.1, 0.15) is 0 Å². The smallest absolute Gasteiger partial charge is 0.143 e. The van der Waals surface area contributed by atoms with E-state index in [1.807, 2.05) is 18.2 Å². The molecule has 0 bridgehead atoms. The van der Waals surface area contributed by atoms with Gasteiger partial charge in [-0.15, -0.1) is 0 Å². The minimum Gasteiger partial charge on any atom is -0.455 e. The van der Waals surface area contributed by atoms with Crippen LogP contribution >= 0.6 is 0 Å². The predicted molar refractivity (Wildman–Crippen MR) is 203 cm³/mol. The van der Waals surface area contributed by atoms with Crippen molar-refractivity contribution in [1.29, 1.82) is 0 Å². The van der Waals surface area contributed by atoms with E-state index in [-0.39, 0.29) is 0 Å². The summed E-state index contributed by atoms with van der Waals surface area (Å²) in [6.45, 7) is 0. The van der Waals surface area contributed by atoms with Crippen molar-refractivity contribution in [2.45, 2.75) is 0 Å². The minimum absolute atomic E-state index is 0.912. The van der Waals surface area contributed by atoms with Crippen LogP contribution in [-0.2, 0) is 0 Å². The molecule has 3 nitrogen and oxygen atoms in total. The summed E-state index contributed by atoms with van der Waals surface area (Å²) in [5, 5.41) is 7.04. The summed E-state index contributed by atoms with van der Waals surface area (Å²) in [5.74, 6) is 0. The molecule has 1 aliphatic carbocycles. The van der Waals surface area contributed by atoms with E-state index in [2.05, 4.69) is 140 Å². The van der Waals surface area contributed by atoms with Gasteiger partial charge in [-0.1, -0.05) is 140 Å². The van der Waals surface area contributed by atoms with Crippen LogP contribution < -0.4 is 0 Å². The summed E-state index contributed by atoms with van der Waals surface area (Å²) in [6.07, 6.45) is 0. The lowest BCUT2D eigenvalue weighted by molar-refractivity contribution is 0.670. The van der Waals surface area contributed by atoms with Crippen LogP contribution in [0.15, 0.2) is 162 Å². The number of para-hydroxylation sites is 1. The second-order valence-corrected chi connectivity index (χ2v) is 12.9. The van der Waals surface area contributed by atoms with Crippen LogP contribution in [0, 0.1) is 0 Å². The van der Waals surface area contributed by atoms with Gasteiger partial charge in [-0.3, -0.25) is 0 Å². The molecule has 226 valence electrons. The second-order valence-electron chi connectivity index (χ2n) is 12.9. The third-order valence-electron chi connectivity index (χ3n) is 10.2. The Hall–Kier alpha value is -6.58. The Morgan fingerprint density at radius 2 is 0.918 bits per heavy atom. The Morgan fingerprint density at radius 1 is 0.367 bits per heavy atom. The van der Waals surface area contributed by atoms with Crippen LogP contribution in [0.25, 0.3) is 110 Å². The molecule has 0 radical (unpaired) electrons. The summed E-state index contributed by atoms with van der Waals surface area (Å²) in [7, 11) is 0. The lowest BCUT2D eigenvalue weighted by Gasteiger charge is -2.09. The fraction of sp³-hybridized carbons (Fsp3) is 0. The van der Waals surface area contributed by atoms with Gasteiger partial charge in [-0.2, -0.15) is 0 Å². The number of hydrogen-bond donors (Lipinski definition) is 0. The SMILES string of the molecule is c1ccc(-c2ccc3ccc4ccc(-c5ccc(-c6cccc7c6oc6cc8c9c(cccc9c67)-c6ccccc6-8)cc5)nc4c3n2)cc1. The normalized spacial score (nSPS) is 12.1. The average Bonchev–Trinajstić information content (AvgIpc) is 3.72. The predicted octanol–water partition coefficient (Wildman–Crippen LogP) is 12.5. The number of hydrogen-bond acceptors (Lipinski definition) is 3. The van der Waals surface area contributed by atoms with Gasteiger partial charge in [0.1, 0.15) is 11.2 Å². The highest BCUT2D eigenvalue weighted by Gasteiger charge is 2.25. The monoisotopic (exact) mass is 622 g/mol. The first-order valence-corrected chi connectivity index (χ1v) is 16.7. The van der Waals surface area contributed by atoms with Crippen LogP contribution in [-0.4, -0.2) is 9.97 Å². The molecule has 3 heterocycles. The topological polar surface area (TPSA) is 38.9 Å². The molecule has 0 aliphatic heterocycles. The first kappa shape index (κ1) is 26.5. The molecular formula is C46H26N2O. The zero-order valence-electron chi connectivity index (χ0n) is 26.3. The van der Waals surface area contributed by atoms with Crippen LogP contribution in [0.5, 0.6) is 0 Å². The van der Waals surface area contributed by atoms with Crippen LogP contribution in [0.2, 0.25) is 0 Å². The molecule has 0 saturated carbocycles. The van der Waals surface area contributed by atoms with Gasteiger partial charge in [0.25, 0.3) is 0 Å². The molecule has 11 rings (SSSR count). The van der Waals surface area contributed by atoms with Crippen molar-refractivity contribution >= 4 is 54.5 Å². The summed E-state index contributed by atoms with van der Waals surface area (Å²) in [5.41, 5.74) is 15.0. The quantitative estimate of drug-likeness (QED) is 0.184. The highest BCUT2D eigenvalue weighted by molar-refractivity contribution is 6.28. The number of benzene rings is 7. The van der Waals surface area contributed by atoms with Crippen LogP contribution in [0.4, 0.5) is 0 Å². The van der Waals surface area contributed by atoms with Crippen molar-refractivity contribution in [2.24, 2.45) is 0 Å². The first-order valence-electron chi connectivity index (χ1n) is 16.7. The fourth-order valence-electron chi connectivity index (χ4n) is 7.91. The van der Waals surface area contributed by atoms with E-state index in [1.165, 1.54) is 38.4 Å². The van der Waals surface area contributed by atoms with Gasteiger partial charge < -0.3 is 4.42 Å². The zero-order chi connectivity index (χ0) is 32.1. The zero-order valence-corrected chi connectivity index (χ0v) is 26.3. The number of pyridine rings is 2. The molecular weight excluding hydrogens is 597 g/mol. The Labute approximate surface area is 281 Å². The molecule has 10 aromatic rings. The number of fused-ring (bicyclic) bond motifs is 10. The Balaban J connectivity index is 1.02. The molecule has 0 saturated heterocycles. The molecule has 0 unspecified atom stereocenters. The summed E-state index contributed by atoms with van der Waals surface area (Å²) in [4.78, 5) is 10.3. The molecule has 3 aromatic heterocycles. The molecule has 49 heavy (non-hydrogen) atoms. The standard InChI is InChI=1S/C46H26N2O/c1-2-8-28(9-3-1)39-24-22-30-20-21-31-23-25-40(48-45(31)44(30)47-39)29-18-16-27(17-19-29)32-12-6-15-37-43-36-14-7-13-35-33-10-4-5-11-34(33)38(42(35)36)26-41(43)49-46(32)37/h1-26H. The third kappa shape index (κ3) is 3.84. The molecule has 0 amide bonds. The fourth-order valence-corrected chi connectivity index (χ4v) is 7.91. The van der Waals surface area contributed by atoms with Crippen molar-refractivity contribution in [3.05, 3.63) is 158 Å². The van der Waals surface area contributed by atoms with Gasteiger partial charge in [0.2, 0.25) is 0 Å². The van der Waals surface area contributed by atoms with E-state index < -0.39 is 0 Å². The molecule has 1 aliphatic rings. The van der Waals surface area contributed by atoms with E-state index in [9.17, 15) is 0 Å². The third-order valence-corrected chi connectivity index (χ3v) is 10.2. The number of nitrogens with zero attached hydrogens (tertiary/aromatic N) is 2. The maximum Gasteiger partial charge on any atom is 0.143 e. The Kier molecular flexibility index (Phi) is 5.38. The van der Waals surface area contributed by atoms with Gasteiger partial charge in [0, 0.05) is 38.2 Å². The highest BCUT2D eigenvalue weighted by atomic mass is 16.3. The summed E-state index contributed by atoms with van der Waals surface area (Å²) >= 11 is 0. The van der Waals surface area contributed by atoms with E-state index in [4.69, 9.17) is 14.4 Å². The second kappa shape index (κ2) is 9.96. The largest absolute Gasteiger partial charge is 0.455 e. The van der Waals surface area contributed by atoms with Gasteiger partial charge in [-0.25, -0.2) is 9.97 Å². The van der Waals surface area contributed by atoms with Crippen molar-refractivity contribution in [3.63, 3.8) is 0 Å². The Morgan fingerprint density at radius 3 is 1.63 bits per heavy atom. The van der Waals surface area contributed by atoms with E-state index in [1.54, 1.807) is 0 Å². The van der Waals surface area contributed by atoms with Crippen LogP contribution in [0.3, 0.4) is 0 Å². The Bertz CT molecular complexity index is 2970. The molecule has 0 atom stereocenters. The van der Waals surface area contributed by atoms with E-state index >= 15 is 0 Å². The van der Waals surface area contributed by atoms with Crippen molar-refractivity contribution in [2.75, 3.05) is 0 Å². The van der Waals surface area contributed by atoms with Crippen molar-refractivity contribution < 1.29 is 4.42 Å². The lowest BCUT2D eigenvalue weighted by atomic mass is 9.96. The number of furan rings is 1. The van der Waals surface area contributed by atoms with Gasteiger partial charge >= 0.3 is 0 Å². The highest BCUT2D eigenvalue weighted by Crippen LogP contribution is 2.51. The first-order chi connectivity index (χ1) is 24.3. The van der Waals surface area contributed by atoms with Gasteiger partial charge in [0.05, 0.1) is 22.4 Å². The lowest BCUT2D eigenvalue weighted by Crippen LogP contribution is -1.91. The van der Waals surface area contributed by atoms with E-state index in [0.717, 1.165) is 72.0 Å². The maximum absolute atomic E-state index is 6.75. The average molecular weight is 623 g/mol.